The van der Waals surface area contributed by atoms with Crippen LogP contribution in [0.15, 0.2) is 0 Å². The highest BCUT2D eigenvalue weighted by molar-refractivity contribution is 5.74. The van der Waals surface area contributed by atoms with Gasteiger partial charge >= 0.3 is 23.9 Å². The number of ether oxygens (including phenoxy) is 7. The van der Waals surface area contributed by atoms with Crippen LogP contribution in [0.5, 0.6) is 0 Å². The quantitative estimate of drug-likeness (QED) is 0.147. The van der Waals surface area contributed by atoms with Gasteiger partial charge in [-0.05, 0) is 19.3 Å². The summed E-state index contributed by atoms with van der Waals surface area (Å²) in [6.45, 7) is 4.52. The maximum atomic E-state index is 12.3. The summed E-state index contributed by atoms with van der Waals surface area (Å²) in [4.78, 5) is 46.9. The minimum Gasteiger partial charge on any atom is -0.463 e. The van der Waals surface area contributed by atoms with Gasteiger partial charge in [0.15, 0.2) is 12.4 Å². The normalized spacial score (nSPS) is 30.3. The van der Waals surface area contributed by atoms with Crippen molar-refractivity contribution < 1.29 is 57.4 Å². The van der Waals surface area contributed by atoms with Gasteiger partial charge in [-0.25, -0.2) is 4.79 Å². The molecule has 0 bridgehead atoms. The molecule has 3 N–H and O–H groups in total. The number of amides is 2. The lowest BCUT2D eigenvalue weighted by Crippen LogP contribution is -2.54. The number of unbranched alkanes of at least 4 members (excludes halogenated alkanes) is 1. The van der Waals surface area contributed by atoms with E-state index < -0.39 is 54.7 Å². The molecule has 14 nitrogen and oxygen atoms in total. The molecule has 8 unspecified atom stereocenters. The van der Waals surface area contributed by atoms with Gasteiger partial charge < -0.3 is 48.9 Å². The van der Waals surface area contributed by atoms with E-state index in [1.165, 1.54) is 27.9 Å². The highest BCUT2D eigenvalue weighted by Crippen LogP contribution is 2.29. The van der Waals surface area contributed by atoms with Gasteiger partial charge in [-0.15, -0.1) is 0 Å². The molecular formula is C25H42N2O12. The Hall–Kier alpha value is -2.52. The van der Waals surface area contributed by atoms with Crippen LogP contribution in [-0.4, -0.2) is 112 Å². The van der Waals surface area contributed by atoms with Crippen molar-refractivity contribution in [1.29, 1.82) is 0 Å². The third-order valence-electron chi connectivity index (χ3n) is 6.46. The largest absolute Gasteiger partial charge is 0.463 e. The molecule has 2 fully saturated rings. The van der Waals surface area contributed by atoms with Crippen LogP contribution in [0.1, 0.15) is 46.5 Å². The second kappa shape index (κ2) is 16.6. The lowest BCUT2D eigenvalue weighted by Gasteiger charge is -2.39. The van der Waals surface area contributed by atoms with E-state index in [4.69, 9.17) is 33.2 Å². The van der Waals surface area contributed by atoms with E-state index in [9.17, 15) is 24.3 Å². The molecule has 2 rings (SSSR count). The fourth-order valence-electron chi connectivity index (χ4n) is 4.80. The number of nitrogens with one attached hydrogen (secondary N) is 2. The summed E-state index contributed by atoms with van der Waals surface area (Å²) in [5.41, 5.74) is 0. The van der Waals surface area contributed by atoms with Gasteiger partial charge in [0.25, 0.3) is 0 Å². The third kappa shape index (κ3) is 10.9. The minimum absolute atomic E-state index is 0.118. The number of hydrogen-bond acceptors (Lipinski definition) is 12. The van der Waals surface area contributed by atoms with E-state index in [1.807, 2.05) is 0 Å². The highest BCUT2D eigenvalue weighted by atomic mass is 16.7. The van der Waals surface area contributed by atoms with Gasteiger partial charge in [0.1, 0.15) is 24.9 Å². The topological polar surface area (TPSA) is 177 Å². The zero-order chi connectivity index (χ0) is 28.9. The van der Waals surface area contributed by atoms with Gasteiger partial charge in [-0.3, -0.25) is 14.4 Å². The molecule has 0 aromatic carbocycles. The first-order valence-electron chi connectivity index (χ1n) is 13.0. The molecule has 1 heterocycles. The monoisotopic (exact) mass is 562 g/mol. The average Bonchev–Trinajstić information content (AvgIpc) is 3.14. The zero-order valence-corrected chi connectivity index (χ0v) is 23.2. The van der Waals surface area contributed by atoms with Crippen LogP contribution in [-0.2, 0) is 47.5 Å². The summed E-state index contributed by atoms with van der Waals surface area (Å²) in [5.74, 6) is -1.82. The van der Waals surface area contributed by atoms with E-state index in [0.29, 0.717) is 32.4 Å². The summed E-state index contributed by atoms with van der Waals surface area (Å²) in [6, 6.07) is -0.698. The van der Waals surface area contributed by atoms with Crippen molar-refractivity contribution in [3.63, 3.8) is 0 Å². The summed E-state index contributed by atoms with van der Waals surface area (Å²) in [5, 5.41) is 16.0. The van der Waals surface area contributed by atoms with Gasteiger partial charge in [0.05, 0.1) is 18.8 Å². The maximum Gasteiger partial charge on any atom is 0.315 e. The molecule has 8 atom stereocenters. The second-order valence-corrected chi connectivity index (χ2v) is 9.59. The first-order valence-corrected chi connectivity index (χ1v) is 13.0. The number of carbonyl (C=O) groups is 4. The Morgan fingerprint density at radius 2 is 1.64 bits per heavy atom. The fourth-order valence-corrected chi connectivity index (χ4v) is 4.80. The van der Waals surface area contributed by atoms with Crippen LogP contribution < -0.4 is 10.6 Å². The molecule has 2 amide bonds. The number of aliphatic hydroxyl groups excluding tert-OH is 1. The molecule has 1 aliphatic carbocycles. The number of methoxy groups -OCH3 is 2. The Morgan fingerprint density at radius 3 is 2.26 bits per heavy atom. The molecule has 0 aromatic rings. The van der Waals surface area contributed by atoms with Crippen molar-refractivity contribution >= 4 is 23.9 Å². The molecule has 1 aliphatic heterocycles. The Morgan fingerprint density at radius 1 is 0.923 bits per heavy atom. The number of esters is 3. The first kappa shape index (κ1) is 32.7. The highest BCUT2D eigenvalue weighted by Gasteiger charge is 2.45. The van der Waals surface area contributed by atoms with Crippen LogP contribution in [0.2, 0.25) is 0 Å². The van der Waals surface area contributed by atoms with Crippen molar-refractivity contribution in [1.82, 2.24) is 10.6 Å². The maximum absolute atomic E-state index is 12.3. The second-order valence-electron chi connectivity index (χ2n) is 9.59. The van der Waals surface area contributed by atoms with Crippen molar-refractivity contribution in [3.8, 4) is 0 Å². The van der Waals surface area contributed by atoms with Gasteiger partial charge in [-0.2, -0.15) is 0 Å². The summed E-state index contributed by atoms with van der Waals surface area (Å²) < 4.78 is 37.8. The van der Waals surface area contributed by atoms with E-state index in [0.717, 1.165) is 0 Å². The SMILES string of the molecule is COCC1CC(NC(=O)NCCCCOC2CC(OC(C)=O)C(OC(C)=O)C(COC(C)=O)O2)C(OC)C1O. The summed E-state index contributed by atoms with van der Waals surface area (Å²) in [6.07, 6.45) is -2.88. The third-order valence-corrected chi connectivity index (χ3v) is 6.46. The molecular weight excluding hydrogens is 520 g/mol. The average molecular weight is 563 g/mol. The van der Waals surface area contributed by atoms with Crippen molar-refractivity contribution in [2.75, 3.05) is 40.6 Å². The number of urea groups is 1. The molecule has 0 spiro atoms. The van der Waals surface area contributed by atoms with E-state index in [2.05, 4.69) is 10.6 Å². The Balaban J connectivity index is 1.77. The molecule has 1 saturated carbocycles. The van der Waals surface area contributed by atoms with Crippen LogP contribution in [0.3, 0.4) is 0 Å². The minimum atomic E-state index is -0.961. The molecule has 39 heavy (non-hydrogen) atoms. The Bertz CT molecular complexity index is 812. The zero-order valence-electron chi connectivity index (χ0n) is 23.2. The molecule has 0 radical (unpaired) electrons. The summed E-state index contributed by atoms with van der Waals surface area (Å²) in [7, 11) is 3.06. The van der Waals surface area contributed by atoms with Crippen LogP contribution in [0.4, 0.5) is 4.79 Å². The Labute approximate surface area is 228 Å². The van der Waals surface area contributed by atoms with Gasteiger partial charge in [0.2, 0.25) is 0 Å². The van der Waals surface area contributed by atoms with E-state index >= 15 is 0 Å². The van der Waals surface area contributed by atoms with Gasteiger partial charge in [-0.1, -0.05) is 0 Å². The molecule has 224 valence electrons. The molecule has 0 aromatic heterocycles. The van der Waals surface area contributed by atoms with E-state index in [-0.39, 0.29) is 37.6 Å². The van der Waals surface area contributed by atoms with Crippen molar-refractivity contribution in [2.24, 2.45) is 5.92 Å². The number of carbonyl (C=O) groups excluding carboxylic acids is 4. The van der Waals surface area contributed by atoms with Gasteiger partial charge in [0, 0.05) is 60.5 Å². The number of rotatable bonds is 14. The summed E-state index contributed by atoms with van der Waals surface area (Å²) >= 11 is 0. The predicted octanol–water partition coefficient (Wildman–Crippen LogP) is 0.0347. The Kier molecular flexibility index (Phi) is 13.9. The smallest absolute Gasteiger partial charge is 0.315 e. The number of hydrogen-bond donors (Lipinski definition) is 3. The van der Waals surface area contributed by atoms with Crippen molar-refractivity contribution in [3.05, 3.63) is 0 Å². The molecule has 2 aliphatic rings. The molecule has 14 heteroatoms. The predicted molar refractivity (Wildman–Crippen MR) is 133 cm³/mol. The standard InChI is InChI=1S/C25H42N2O12/c1-14(28)36-13-20-24(38-16(3)30)19(37-15(2)29)11-21(39-20)35-9-7-6-8-26-25(32)27-18-10-17(12-33-4)22(31)23(18)34-5/h17-24,31H,6-13H2,1-5H3,(H2,26,27,32). The number of aliphatic hydroxyl groups is 1. The fraction of sp³-hybridized carbons (Fsp3) is 0.840. The van der Waals surface area contributed by atoms with E-state index in [1.54, 1.807) is 7.11 Å². The van der Waals surface area contributed by atoms with Crippen LogP contribution in [0, 0.1) is 5.92 Å². The lowest BCUT2D eigenvalue weighted by atomic mass is 10.0. The lowest BCUT2D eigenvalue weighted by molar-refractivity contribution is -0.266. The van der Waals surface area contributed by atoms with Crippen molar-refractivity contribution in [2.45, 2.75) is 89.3 Å². The van der Waals surface area contributed by atoms with Crippen LogP contribution >= 0.6 is 0 Å². The first-order chi connectivity index (χ1) is 18.5. The van der Waals surface area contributed by atoms with Crippen LogP contribution in [0.25, 0.3) is 0 Å². The molecule has 1 saturated heterocycles.